The number of carboxylic acid groups (broad SMARTS) is 1. The standard InChI is InChI=1S/C32H43NO3/c1-6-7-8-9-10-13-22(24-14-11-12-15-25(24)30(35)36)20-26(29(33)34)23-16-17-27-28(21-23)32(4,5)19-18-31(27,2)3/h11-12,14-17,20-22H,6-10,13,18-19H2,1-5H3,(H2,33,34)(H,35,36)/b26-20-. The molecule has 194 valence electrons. The number of allylic oxidation sites excluding steroid dienone is 1. The van der Waals surface area contributed by atoms with Gasteiger partial charge in [0.25, 0.3) is 0 Å². The Hall–Kier alpha value is -2.88. The van der Waals surface area contributed by atoms with Gasteiger partial charge in [0.1, 0.15) is 0 Å². The van der Waals surface area contributed by atoms with Crippen LogP contribution in [0.5, 0.6) is 0 Å². The van der Waals surface area contributed by atoms with E-state index in [1.807, 2.05) is 24.3 Å². The Morgan fingerprint density at radius 2 is 1.58 bits per heavy atom. The number of rotatable bonds is 11. The van der Waals surface area contributed by atoms with E-state index in [1.165, 1.54) is 24.0 Å². The Balaban J connectivity index is 2.08. The van der Waals surface area contributed by atoms with Gasteiger partial charge in [-0.1, -0.05) is 109 Å². The molecule has 3 N–H and O–H groups in total. The summed E-state index contributed by atoms with van der Waals surface area (Å²) in [6.07, 6.45) is 10.5. The minimum atomic E-state index is -0.951. The number of fused-ring (bicyclic) bond motifs is 1. The normalized spacial score (nSPS) is 17.3. The summed E-state index contributed by atoms with van der Waals surface area (Å²) in [6, 6.07) is 13.4. The lowest BCUT2D eigenvalue weighted by Crippen LogP contribution is -2.34. The number of carbonyl (C=O) groups is 2. The number of nitrogens with two attached hydrogens (primary N) is 1. The van der Waals surface area contributed by atoms with Crippen molar-refractivity contribution in [2.45, 2.75) is 103 Å². The lowest BCUT2D eigenvalue weighted by molar-refractivity contribution is -0.112. The van der Waals surface area contributed by atoms with Crippen LogP contribution in [0.25, 0.3) is 5.57 Å². The van der Waals surface area contributed by atoms with E-state index in [2.05, 4.69) is 46.8 Å². The first-order valence-electron chi connectivity index (χ1n) is 13.5. The van der Waals surface area contributed by atoms with Crippen molar-refractivity contribution in [2.75, 3.05) is 0 Å². The summed E-state index contributed by atoms with van der Waals surface area (Å²) in [4.78, 5) is 24.8. The highest BCUT2D eigenvalue weighted by Gasteiger charge is 2.37. The highest BCUT2D eigenvalue weighted by atomic mass is 16.4. The number of hydrogen-bond donors (Lipinski definition) is 2. The van der Waals surface area contributed by atoms with Crippen molar-refractivity contribution in [1.82, 2.24) is 0 Å². The van der Waals surface area contributed by atoms with Gasteiger partial charge in [0.05, 0.1) is 5.56 Å². The molecule has 0 spiro atoms. The molecular weight excluding hydrogens is 446 g/mol. The summed E-state index contributed by atoms with van der Waals surface area (Å²) in [5.74, 6) is -1.64. The zero-order chi connectivity index (χ0) is 26.5. The molecule has 2 aromatic rings. The molecule has 0 bridgehead atoms. The predicted molar refractivity (Wildman–Crippen MR) is 148 cm³/mol. The second-order valence-electron chi connectivity index (χ2n) is 11.7. The average molecular weight is 490 g/mol. The summed E-state index contributed by atoms with van der Waals surface area (Å²) in [7, 11) is 0. The van der Waals surface area contributed by atoms with Crippen molar-refractivity contribution in [3.8, 4) is 0 Å². The Morgan fingerprint density at radius 1 is 0.944 bits per heavy atom. The number of primary amides is 1. The van der Waals surface area contributed by atoms with Crippen LogP contribution < -0.4 is 5.73 Å². The van der Waals surface area contributed by atoms with Crippen LogP contribution in [0.3, 0.4) is 0 Å². The third-order valence-electron chi connectivity index (χ3n) is 8.01. The van der Waals surface area contributed by atoms with Crippen molar-refractivity contribution < 1.29 is 14.7 Å². The van der Waals surface area contributed by atoms with Crippen LogP contribution in [0.2, 0.25) is 0 Å². The molecule has 0 radical (unpaired) electrons. The monoisotopic (exact) mass is 489 g/mol. The largest absolute Gasteiger partial charge is 0.478 e. The van der Waals surface area contributed by atoms with Gasteiger partial charge < -0.3 is 10.8 Å². The fraction of sp³-hybridized carbons (Fsp3) is 0.500. The van der Waals surface area contributed by atoms with Gasteiger partial charge in [0.2, 0.25) is 5.91 Å². The Morgan fingerprint density at radius 3 is 2.22 bits per heavy atom. The van der Waals surface area contributed by atoms with Crippen molar-refractivity contribution in [3.63, 3.8) is 0 Å². The third-order valence-corrected chi connectivity index (χ3v) is 8.01. The SMILES string of the molecule is CCCCCCCC(/C=C(\C(N)=O)c1ccc2c(c1)C(C)(C)CCC2(C)C)c1ccccc1C(=O)O. The fourth-order valence-corrected chi connectivity index (χ4v) is 5.59. The highest BCUT2D eigenvalue weighted by Crippen LogP contribution is 2.46. The molecule has 0 fully saturated rings. The lowest BCUT2D eigenvalue weighted by Gasteiger charge is -2.42. The molecule has 3 rings (SSSR count). The van der Waals surface area contributed by atoms with E-state index >= 15 is 0 Å². The number of benzene rings is 2. The number of unbranched alkanes of at least 4 members (excludes halogenated alkanes) is 4. The Kier molecular flexibility index (Phi) is 8.81. The number of hydrogen-bond acceptors (Lipinski definition) is 2. The van der Waals surface area contributed by atoms with E-state index in [-0.39, 0.29) is 22.3 Å². The molecule has 1 aliphatic rings. The van der Waals surface area contributed by atoms with Crippen LogP contribution in [-0.4, -0.2) is 17.0 Å². The van der Waals surface area contributed by atoms with Crippen molar-refractivity contribution >= 4 is 17.4 Å². The smallest absolute Gasteiger partial charge is 0.335 e. The molecule has 2 aromatic carbocycles. The molecule has 0 aliphatic heterocycles. The van der Waals surface area contributed by atoms with Gasteiger partial charge in [-0.05, 0) is 58.4 Å². The molecule has 0 saturated heterocycles. The maximum Gasteiger partial charge on any atom is 0.335 e. The lowest BCUT2D eigenvalue weighted by atomic mass is 9.63. The van der Waals surface area contributed by atoms with Crippen LogP contribution in [0.1, 0.15) is 125 Å². The summed E-state index contributed by atoms with van der Waals surface area (Å²) < 4.78 is 0. The minimum absolute atomic E-state index is 0.0121. The molecule has 1 atom stereocenters. The third kappa shape index (κ3) is 6.27. The maximum atomic E-state index is 12.8. The Bertz CT molecular complexity index is 1130. The summed E-state index contributed by atoms with van der Waals surface area (Å²) in [5.41, 5.74) is 11.0. The van der Waals surface area contributed by atoms with E-state index in [0.717, 1.165) is 49.7 Å². The molecule has 0 aromatic heterocycles. The van der Waals surface area contributed by atoms with Crippen molar-refractivity contribution in [1.29, 1.82) is 0 Å². The Labute approximate surface area is 217 Å². The van der Waals surface area contributed by atoms with Crippen molar-refractivity contribution in [2.24, 2.45) is 5.73 Å². The molecule has 36 heavy (non-hydrogen) atoms. The molecule has 1 aliphatic carbocycles. The van der Waals surface area contributed by atoms with E-state index in [1.54, 1.807) is 12.1 Å². The first-order valence-corrected chi connectivity index (χ1v) is 13.5. The zero-order valence-electron chi connectivity index (χ0n) is 22.7. The van der Waals surface area contributed by atoms with Gasteiger partial charge in [-0.2, -0.15) is 0 Å². The summed E-state index contributed by atoms with van der Waals surface area (Å²) in [6.45, 7) is 11.3. The van der Waals surface area contributed by atoms with Crippen LogP contribution >= 0.6 is 0 Å². The summed E-state index contributed by atoms with van der Waals surface area (Å²) in [5, 5.41) is 9.84. The summed E-state index contributed by atoms with van der Waals surface area (Å²) >= 11 is 0. The second kappa shape index (κ2) is 11.5. The minimum Gasteiger partial charge on any atom is -0.478 e. The van der Waals surface area contributed by atoms with E-state index in [0.29, 0.717) is 5.57 Å². The highest BCUT2D eigenvalue weighted by molar-refractivity contribution is 6.19. The number of aromatic carboxylic acids is 1. The first-order chi connectivity index (χ1) is 17.0. The zero-order valence-corrected chi connectivity index (χ0v) is 22.7. The molecule has 1 amide bonds. The van der Waals surface area contributed by atoms with Crippen LogP contribution in [0, 0.1) is 0 Å². The van der Waals surface area contributed by atoms with Gasteiger partial charge in [-0.25, -0.2) is 4.79 Å². The van der Waals surface area contributed by atoms with Crippen LogP contribution in [0.15, 0.2) is 48.5 Å². The topological polar surface area (TPSA) is 80.4 Å². The number of carboxylic acids is 1. The molecule has 4 nitrogen and oxygen atoms in total. The van der Waals surface area contributed by atoms with Gasteiger partial charge in [0.15, 0.2) is 0 Å². The predicted octanol–water partition coefficient (Wildman–Crippen LogP) is 7.75. The van der Waals surface area contributed by atoms with E-state index in [4.69, 9.17) is 5.73 Å². The molecule has 4 heteroatoms. The van der Waals surface area contributed by atoms with Gasteiger partial charge in [-0.3, -0.25) is 4.79 Å². The molecular formula is C32H43NO3. The first kappa shape index (κ1) is 27.7. The molecule has 1 unspecified atom stereocenters. The second-order valence-corrected chi connectivity index (χ2v) is 11.7. The maximum absolute atomic E-state index is 12.8. The molecule has 0 saturated carbocycles. The number of carbonyl (C=O) groups excluding carboxylic acids is 1. The number of amides is 1. The van der Waals surface area contributed by atoms with Gasteiger partial charge >= 0.3 is 5.97 Å². The molecule has 0 heterocycles. The van der Waals surface area contributed by atoms with Crippen LogP contribution in [-0.2, 0) is 15.6 Å². The van der Waals surface area contributed by atoms with E-state index < -0.39 is 11.9 Å². The fourth-order valence-electron chi connectivity index (χ4n) is 5.59. The van der Waals surface area contributed by atoms with Crippen molar-refractivity contribution in [3.05, 3.63) is 76.4 Å². The average Bonchev–Trinajstić information content (AvgIpc) is 2.83. The quantitative estimate of drug-likeness (QED) is 0.250. The van der Waals surface area contributed by atoms with Crippen LogP contribution in [0.4, 0.5) is 0 Å². The van der Waals surface area contributed by atoms with Gasteiger partial charge in [-0.15, -0.1) is 0 Å². The van der Waals surface area contributed by atoms with E-state index in [9.17, 15) is 14.7 Å². The van der Waals surface area contributed by atoms with Gasteiger partial charge in [0, 0.05) is 11.5 Å².